The Morgan fingerprint density at radius 2 is 1.83 bits per heavy atom. The van der Waals surface area contributed by atoms with E-state index in [1.807, 2.05) is 39.8 Å². The van der Waals surface area contributed by atoms with Gasteiger partial charge in [0.1, 0.15) is 5.60 Å². The molecule has 124 valence electrons. The summed E-state index contributed by atoms with van der Waals surface area (Å²) in [6.45, 7) is 8.90. The maximum absolute atomic E-state index is 11.6. The second-order valence-electron chi connectivity index (χ2n) is 6.85. The van der Waals surface area contributed by atoms with Crippen molar-refractivity contribution in [1.82, 2.24) is 10.6 Å². The minimum Gasteiger partial charge on any atom is -0.444 e. The number of alkyl carbamates (subject to hydrolysis) is 1. The highest BCUT2D eigenvalue weighted by Gasteiger charge is 2.16. The topological polar surface area (TPSA) is 50.4 Å². The molecule has 0 fully saturated rings. The van der Waals surface area contributed by atoms with Crippen molar-refractivity contribution >= 4 is 16.9 Å². The van der Waals surface area contributed by atoms with Gasteiger partial charge >= 0.3 is 6.09 Å². The fourth-order valence-electron chi connectivity index (χ4n) is 2.26. The van der Waals surface area contributed by atoms with E-state index in [0.717, 1.165) is 6.54 Å². The van der Waals surface area contributed by atoms with Crippen molar-refractivity contribution < 1.29 is 9.53 Å². The Bertz CT molecular complexity index is 662. The quantitative estimate of drug-likeness (QED) is 0.881. The second kappa shape index (κ2) is 7.47. The molecule has 0 radical (unpaired) electrons. The van der Waals surface area contributed by atoms with E-state index in [0.29, 0.717) is 6.54 Å². The van der Waals surface area contributed by atoms with Gasteiger partial charge in [0.05, 0.1) is 0 Å². The van der Waals surface area contributed by atoms with Gasteiger partial charge in [-0.15, -0.1) is 0 Å². The number of hydrogen-bond acceptors (Lipinski definition) is 3. The van der Waals surface area contributed by atoms with E-state index in [1.54, 1.807) is 0 Å². The zero-order valence-electron chi connectivity index (χ0n) is 14.3. The van der Waals surface area contributed by atoms with Crippen LogP contribution in [0, 0.1) is 0 Å². The number of nitrogens with one attached hydrogen (secondary N) is 2. The monoisotopic (exact) mass is 314 g/mol. The molecule has 4 nitrogen and oxygen atoms in total. The molecule has 4 heteroatoms. The SMILES string of the molecule is CC(CNC(=O)OC(C)(C)C)NCc1ccc2ccccc2c1. The lowest BCUT2D eigenvalue weighted by molar-refractivity contribution is 0.0523. The fraction of sp³-hybridized carbons (Fsp3) is 0.421. The van der Waals surface area contributed by atoms with Crippen molar-refractivity contribution in [3.8, 4) is 0 Å². The molecular formula is C19H26N2O2. The number of benzene rings is 2. The van der Waals surface area contributed by atoms with Gasteiger partial charge in [-0.3, -0.25) is 0 Å². The van der Waals surface area contributed by atoms with E-state index in [9.17, 15) is 4.79 Å². The van der Waals surface area contributed by atoms with Gasteiger partial charge < -0.3 is 15.4 Å². The van der Waals surface area contributed by atoms with Crippen molar-refractivity contribution in [3.63, 3.8) is 0 Å². The minimum atomic E-state index is -0.466. The van der Waals surface area contributed by atoms with Gasteiger partial charge in [-0.25, -0.2) is 4.79 Å². The molecule has 2 rings (SSSR count). The maximum Gasteiger partial charge on any atom is 0.407 e. The normalized spacial score (nSPS) is 12.9. The van der Waals surface area contributed by atoms with Crippen LogP contribution >= 0.6 is 0 Å². The van der Waals surface area contributed by atoms with Crippen LogP contribution in [0.3, 0.4) is 0 Å². The Kier molecular flexibility index (Phi) is 5.61. The average molecular weight is 314 g/mol. The average Bonchev–Trinajstić information content (AvgIpc) is 2.49. The van der Waals surface area contributed by atoms with E-state index in [2.05, 4.69) is 41.0 Å². The molecule has 0 spiro atoms. The Morgan fingerprint density at radius 1 is 1.13 bits per heavy atom. The highest BCUT2D eigenvalue weighted by atomic mass is 16.6. The van der Waals surface area contributed by atoms with E-state index in [-0.39, 0.29) is 12.1 Å². The Balaban J connectivity index is 1.79. The molecule has 2 aromatic carbocycles. The van der Waals surface area contributed by atoms with Crippen LogP contribution in [0.5, 0.6) is 0 Å². The van der Waals surface area contributed by atoms with Crippen LogP contribution < -0.4 is 10.6 Å². The highest BCUT2D eigenvalue weighted by molar-refractivity contribution is 5.82. The predicted octanol–water partition coefficient (Wildman–Crippen LogP) is 3.84. The molecule has 0 aliphatic carbocycles. The summed E-state index contributed by atoms with van der Waals surface area (Å²) in [5, 5.41) is 8.68. The number of hydrogen-bond donors (Lipinski definition) is 2. The van der Waals surface area contributed by atoms with E-state index in [4.69, 9.17) is 4.74 Å². The number of carbonyl (C=O) groups excluding carboxylic acids is 1. The first-order valence-electron chi connectivity index (χ1n) is 8.01. The van der Waals surface area contributed by atoms with Crippen LogP contribution in [0.4, 0.5) is 4.79 Å². The van der Waals surface area contributed by atoms with Crippen molar-refractivity contribution in [2.45, 2.75) is 45.9 Å². The number of fused-ring (bicyclic) bond motifs is 1. The van der Waals surface area contributed by atoms with Crippen molar-refractivity contribution in [2.75, 3.05) is 6.54 Å². The summed E-state index contributed by atoms with van der Waals surface area (Å²) in [5.74, 6) is 0. The predicted molar refractivity (Wildman–Crippen MR) is 94.5 cm³/mol. The van der Waals surface area contributed by atoms with Gasteiger partial charge in [0.15, 0.2) is 0 Å². The number of ether oxygens (including phenoxy) is 1. The molecule has 0 saturated heterocycles. The Labute approximate surface area is 138 Å². The summed E-state index contributed by atoms with van der Waals surface area (Å²) in [6.07, 6.45) is -0.378. The first-order valence-corrected chi connectivity index (χ1v) is 8.01. The Morgan fingerprint density at radius 3 is 2.52 bits per heavy atom. The molecule has 1 atom stereocenters. The standard InChI is InChI=1S/C19H26N2O2/c1-14(12-21-18(22)23-19(2,3)4)20-13-15-9-10-16-7-5-6-8-17(16)11-15/h5-11,14,20H,12-13H2,1-4H3,(H,21,22). The van der Waals surface area contributed by atoms with Crippen LogP contribution in [-0.4, -0.2) is 24.3 Å². The fourth-order valence-corrected chi connectivity index (χ4v) is 2.26. The zero-order chi connectivity index (χ0) is 16.9. The van der Waals surface area contributed by atoms with E-state index < -0.39 is 5.60 Å². The van der Waals surface area contributed by atoms with Crippen LogP contribution in [0.25, 0.3) is 10.8 Å². The van der Waals surface area contributed by atoms with Gasteiger partial charge in [0.2, 0.25) is 0 Å². The molecule has 0 aliphatic heterocycles. The summed E-state index contributed by atoms with van der Waals surface area (Å²) in [6, 6.07) is 14.9. The lowest BCUT2D eigenvalue weighted by Crippen LogP contribution is -2.40. The number of amides is 1. The van der Waals surface area contributed by atoms with Gasteiger partial charge in [0, 0.05) is 19.1 Å². The molecular weight excluding hydrogens is 288 g/mol. The molecule has 2 N–H and O–H groups in total. The third kappa shape index (κ3) is 5.91. The molecule has 0 bridgehead atoms. The van der Waals surface area contributed by atoms with E-state index >= 15 is 0 Å². The van der Waals surface area contributed by atoms with Crippen LogP contribution in [0.2, 0.25) is 0 Å². The number of carbonyl (C=O) groups is 1. The van der Waals surface area contributed by atoms with Crippen molar-refractivity contribution in [2.24, 2.45) is 0 Å². The van der Waals surface area contributed by atoms with Crippen LogP contribution in [0.1, 0.15) is 33.3 Å². The molecule has 23 heavy (non-hydrogen) atoms. The molecule has 0 aliphatic rings. The van der Waals surface area contributed by atoms with Crippen molar-refractivity contribution in [3.05, 3.63) is 48.0 Å². The Hall–Kier alpha value is -2.07. The molecule has 0 aromatic heterocycles. The summed E-state index contributed by atoms with van der Waals surface area (Å²) < 4.78 is 5.22. The summed E-state index contributed by atoms with van der Waals surface area (Å²) >= 11 is 0. The number of rotatable bonds is 5. The van der Waals surface area contributed by atoms with Crippen LogP contribution in [-0.2, 0) is 11.3 Å². The molecule has 0 heterocycles. The molecule has 1 unspecified atom stereocenters. The molecule has 2 aromatic rings. The largest absolute Gasteiger partial charge is 0.444 e. The van der Waals surface area contributed by atoms with Gasteiger partial charge in [-0.1, -0.05) is 36.4 Å². The summed E-state index contributed by atoms with van der Waals surface area (Å²) in [7, 11) is 0. The smallest absolute Gasteiger partial charge is 0.407 e. The lowest BCUT2D eigenvalue weighted by Gasteiger charge is -2.21. The lowest BCUT2D eigenvalue weighted by atomic mass is 10.1. The third-order valence-electron chi connectivity index (χ3n) is 3.42. The van der Waals surface area contributed by atoms with E-state index in [1.165, 1.54) is 16.3 Å². The second-order valence-corrected chi connectivity index (χ2v) is 6.85. The molecule has 0 saturated carbocycles. The maximum atomic E-state index is 11.6. The highest BCUT2D eigenvalue weighted by Crippen LogP contribution is 2.15. The zero-order valence-corrected chi connectivity index (χ0v) is 14.3. The van der Waals surface area contributed by atoms with Gasteiger partial charge in [-0.2, -0.15) is 0 Å². The van der Waals surface area contributed by atoms with Crippen molar-refractivity contribution in [1.29, 1.82) is 0 Å². The third-order valence-corrected chi connectivity index (χ3v) is 3.42. The minimum absolute atomic E-state index is 0.161. The first kappa shape index (κ1) is 17.3. The van der Waals surface area contributed by atoms with Gasteiger partial charge in [-0.05, 0) is 50.1 Å². The first-order chi connectivity index (χ1) is 10.8. The van der Waals surface area contributed by atoms with Crippen LogP contribution in [0.15, 0.2) is 42.5 Å². The summed E-state index contributed by atoms with van der Waals surface area (Å²) in [4.78, 5) is 11.6. The van der Waals surface area contributed by atoms with Gasteiger partial charge in [0.25, 0.3) is 0 Å². The summed E-state index contributed by atoms with van der Waals surface area (Å²) in [5.41, 5.74) is 0.763. The molecule has 1 amide bonds.